The van der Waals surface area contributed by atoms with Gasteiger partial charge in [-0.3, -0.25) is 0 Å². The molecule has 7 heteroatoms. The normalized spacial score (nSPS) is 12.1. The number of hydrogen-bond acceptors (Lipinski definition) is 4. The molecule has 0 aliphatic carbocycles. The lowest BCUT2D eigenvalue weighted by molar-refractivity contribution is -0.141. The highest BCUT2D eigenvalue weighted by atomic mass is 19.2. The van der Waals surface area contributed by atoms with Crippen LogP contribution in [0.3, 0.4) is 0 Å². The first-order chi connectivity index (χ1) is 7.45. The molecule has 1 N–H and O–H groups in total. The summed E-state index contributed by atoms with van der Waals surface area (Å²) in [5, 5.41) is 2.26. The van der Waals surface area contributed by atoms with Gasteiger partial charge in [0.25, 0.3) is 5.95 Å². The topological polar surface area (TPSA) is 51.2 Å². The fourth-order valence-electron chi connectivity index (χ4n) is 0.986. The Kier molecular flexibility index (Phi) is 3.70. The number of anilines is 1. The van der Waals surface area contributed by atoms with Gasteiger partial charge in [-0.25, -0.2) is 13.6 Å². The Morgan fingerprint density at radius 3 is 2.62 bits per heavy atom. The van der Waals surface area contributed by atoms with Crippen LogP contribution in [0.25, 0.3) is 0 Å². The van der Waals surface area contributed by atoms with E-state index in [4.69, 9.17) is 0 Å². The Hall–Kier alpha value is -1.79. The predicted octanol–water partition coefficient (Wildman–Crippen LogP) is 1.47. The number of rotatable bonds is 3. The van der Waals surface area contributed by atoms with Crippen molar-refractivity contribution in [2.75, 3.05) is 12.4 Å². The third-order valence-corrected chi connectivity index (χ3v) is 1.79. The van der Waals surface area contributed by atoms with Crippen molar-refractivity contribution in [1.29, 1.82) is 0 Å². The summed E-state index contributed by atoms with van der Waals surface area (Å²) in [5.41, 5.74) is 0. The Morgan fingerprint density at radius 2 is 2.06 bits per heavy atom. The van der Waals surface area contributed by atoms with Crippen LogP contribution in [0.2, 0.25) is 0 Å². The average Bonchev–Trinajstić information content (AvgIpc) is 2.24. The molecule has 0 bridgehead atoms. The second-order valence-electron chi connectivity index (χ2n) is 2.98. The number of nitrogens with one attached hydrogen (secondary N) is 1. The van der Waals surface area contributed by atoms with E-state index in [0.717, 1.165) is 7.11 Å². The molecule has 1 atom stereocenters. The van der Waals surface area contributed by atoms with Gasteiger partial charge >= 0.3 is 5.97 Å². The summed E-state index contributed by atoms with van der Waals surface area (Å²) in [6.07, 6.45) is 0. The van der Waals surface area contributed by atoms with Crippen molar-refractivity contribution in [2.24, 2.45) is 0 Å². The highest BCUT2D eigenvalue weighted by Gasteiger charge is 2.17. The van der Waals surface area contributed by atoms with Gasteiger partial charge in [0.1, 0.15) is 6.04 Å². The highest BCUT2D eigenvalue weighted by molar-refractivity contribution is 5.78. The van der Waals surface area contributed by atoms with Gasteiger partial charge < -0.3 is 10.1 Å². The lowest BCUT2D eigenvalue weighted by Crippen LogP contribution is -2.28. The van der Waals surface area contributed by atoms with Crippen LogP contribution in [0.15, 0.2) is 6.07 Å². The molecule has 1 rings (SSSR count). The molecule has 0 spiro atoms. The zero-order valence-corrected chi connectivity index (χ0v) is 8.55. The second-order valence-corrected chi connectivity index (χ2v) is 2.98. The lowest BCUT2D eigenvalue weighted by atomic mass is 10.3. The Labute approximate surface area is 89.4 Å². The number of esters is 1. The van der Waals surface area contributed by atoms with E-state index in [1.165, 1.54) is 6.92 Å². The summed E-state index contributed by atoms with van der Waals surface area (Å²) < 4.78 is 42.6. The van der Waals surface area contributed by atoms with Crippen molar-refractivity contribution in [2.45, 2.75) is 13.0 Å². The smallest absolute Gasteiger partial charge is 0.328 e. The minimum absolute atomic E-state index is 0.342. The van der Waals surface area contributed by atoms with Crippen LogP contribution in [-0.2, 0) is 9.53 Å². The van der Waals surface area contributed by atoms with Crippen LogP contribution in [0.5, 0.6) is 0 Å². The van der Waals surface area contributed by atoms with Gasteiger partial charge in [0.15, 0.2) is 17.5 Å². The summed E-state index contributed by atoms with van der Waals surface area (Å²) in [4.78, 5) is 14.0. The number of hydrogen-bond donors (Lipinski definition) is 1. The van der Waals surface area contributed by atoms with Crippen molar-refractivity contribution < 1.29 is 22.7 Å². The van der Waals surface area contributed by atoms with E-state index in [1.807, 2.05) is 0 Å². The first kappa shape index (κ1) is 12.3. The van der Waals surface area contributed by atoms with Gasteiger partial charge in [-0.05, 0) is 6.92 Å². The van der Waals surface area contributed by atoms with E-state index < -0.39 is 35.4 Å². The molecule has 0 fully saturated rings. The molecule has 0 aliphatic heterocycles. The van der Waals surface area contributed by atoms with Crippen molar-refractivity contribution in [3.63, 3.8) is 0 Å². The molecule has 1 heterocycles. The zero-order valence-electron chi connectivity index (χ0n) is 8.55. The third-order valence-electron chi connectivity index (χ3n) is 1.79. The highest BCUT2D eigenvalue weighted by Crippen LogP contribution is 2.15. The molecule has 0 saturated heterocycles. The number of methoxy groups -OCH3 is 1. The molecule has 0 aliphatic rings. The molecule has 0 amide bonds. The number of ether oxygens (including phenoxy) is 1. The molecule has 1 unspecified atom stereocenters. The number of halogens is 3. The van der Waals surface area contributed by atoms with E-state index in [0.29, 0.717) is 6.07 Å². The fourth-order valence-corrected chi connectivity index (χ4v) is 0.986. The number of nitrogens with zero attached hydrogens (tertiary/aromatic N) is 1. The minimum atomic E-state index is -1.44. The van der Waals surface area contributed by atoms with Crippen LogP contribution in [0.1, 0.15) is 6.92 Å². The van der Waals surface area contributed by atoms with Crippen LogP contribution in [-0.4, -0.2) is 24.1 Å². The summed E-state index contributed by atoms with van der Waals surface area (Å²) in [5.74, 6) is -5.15. The SMILES string of the molecule is COC(=O)C(C)Nc1nc(F)c(F)cc1F. The van der Waals surface area contributed by atoms with Crippen LogP contribution >= 0.6 is 0 Å². The lowest BCUT2D eigenvalue weighted by Gasteiger charge is -2.12. The Bertz CT molecular complexity index is 412. The summed E-state index contributed by atoms with van der Waals surface area (Å²) in [6, 6.07) is -0.578. The first-order valence-corrected chi connectivity index (χ1v) is 4.31. The quantitative estimate of drug-likeness (QED) is 0.635. The van der Waals surface area contributed by atoms with Crippen LogP contribution < -0.4 is 5.32 Å². The molecule has 88 valence electrons. The maximum atomic E-state index is 13.1. The van der Waals surface area contributed by atoms with Gasteiger partial charge in [0.2, 0.25) is 0 Å². The van der Waals surface area contributed by atoms with Gasteiger partial charge in [-0.2, -0.15) is 9.37 Å². The van der Waals surface area contributed by atoms with Crippen molar-refractivity contribution in [3.05, 3.63) is 23.6 Å². The largest absolute Gasteiger partial charge is 0.467 e. The number of aromatic nitrogens is 1. The second kappa shape index (κ2) is 4.82. The maximum absolute atomic E-state index is 13.1. The van der Waals surface area contributed by atoms with E-state index in [2.05, 4.69) is 15.0 Å². The monoisotopic (exact) mass is 234 g/mol. The minimum Gasteiger partial charge on any atom is -0.467 e. The van der Waals surface area contributed by atoms with E-state index in [9.17, 15) is 18.0 Å². The van der Waals surface area contributed by atoms with Gasteiger partial charge in [-0.1, -0.05) is 0 Å². The standard InChI is InChI=1S/C9H9F3N2O2/c1-4(9(15)16-2)13-8-6(11)3-5(10)7(12)14-8/h3-4H,1-2H3,(H,13,14). The van der Waals surface area contributed by atoms with E-state index in [1.54, 1.807) is 0 Å². The molecule has 1 aromatic rings. The van der Waals surface area contributed by atoms with Crippen LogP contribution in [0.4, 0.5) is 19.0 Å². The third kappa shape index (κ3) is 2.62. The van der Waals surface area contributed by atoms with Crippen molar-refractivity contribution in [3.8, 4) is 0 Å². The van der Waals surface area contributed by atoms with Gasteiger partial charge in [0, 0.05) is 6.07 Å². The number of carbonyl (C=O) groups excluding carboxylic acids is 1. The molecular formula is C9H9F3N2O2. The average molecular weight is 234 g/mol. The van der Waals surface area contributed by atoms with E-state index >= 15 is 0 Å². The number of carbonyl (C=O) groups is 1. The molecule has 16 heavy (non-hydrogen) atoms. The van der Waals surface area contributed by atoms with Crippen molar-refractivity contribution >= 4 is 11.8 Å². The molecule has 0 radical (unpaired) electrons. The van der Waals surface area contributed by atoms with Gasteiger partial charge in [-0.15, -0.1) is 0 Å². The maximum Gasteiger partial charge on any atom is 0.328 e. The molecule has 1 aromatic heterocycles. The summed E-state index contributed by atoms with van der Waals surface area (Å²) >= 11 is 0. The molecular weight excluding hydrogens is 225 g/mol. The Balaban J connectivity index is 2.89. The van der Waals surface area contributed by atoms with E-state index in [-0.39, 0.29) is 0 Å². The number of pyridine rings is 1. The zero-order chi connectivity index (χ0) is 12.3. The Morgan fingerprint density at radius 1 is 1.44 bits per heavy atom. The van der Waals surface area contributed by atoms with Gasteiger partial charge in [0.05, 0.1) is 7.11 Å². The summed E-state index contributed by atoms with van der Waals surface area (Å²) in [7, 11) is 1.15. The molecule has 0 aromatic carbocycles. The fraction of sp³-hybridized carbons (Fsp3) is 0.333. The first-order valence-electron chi connectivity index (χ1n) is 4.31. The molecule has 4 nitrogen and oxygen atoms in total. The summed E-state index contributed by atoms with van der Waals surface area (Å²) in [6.45, 7) is 1.37. The molecule has 0 saturated carbocycles. The predicted molar refractivity (Wildman–Crippen MR) is 49.2 cm³/mol. The van der Waals surface area contributed by atoms with Crippen molar-refractivity contribution in [1.82, 2.24) is 4.98 Å². The van der Waals surface area contributed by atoms with Crippen LogP contribution in [0, 0.1) is 17.6 Å².